The SMILES string of the molecule is CN(CCCCCCN)C(C)(C)C. The number of nitrogens with two attached hydrogens (primary N) is 1. The van der Waals surface area contributed by atoms with Gasteiger partial charge in [-0.2, -0.15) is 0 Å². The molecule has 2 N–H and O–H groups in total. The van der Waals surface area contributed by atoms with E-state index in [9.17, 15) is 0 Å². The Morgan fingerprint density at radius 3 is 2.00 bits per heavy atom. The van der Waals surface area contributed by atoms with Gasteiger partial charge < -0.3 is 10.6 Å². The summed E-state index contributed by atoms with van der Waals surface area (Å²) in [5, 5.41) is 0. The van der Waals surface area contributed by atoms with Crippen LogP contribution >= 0.6 is 0 Å². The van der Waals surface area contributed by atoms with Gasteiger partial charge in [0.2, 0.25) is 0 Å². The van der Waals surface area contributed by atoms with Gasteiger partial charge in [0.25, 0.3) is 0 Å². The molecule has 0 aliphatic rings. The molecule has 80 valence electrons. The van der Waals surface area contributed by atoms with Crippen LogP contribution in [0.1, 0.15) is 46.5 Å². The van der Waals surface area contributed by atoms with Gasteiger partial charge in [0.05, 0.1) is 0 Å². The van der Waals surface area contributed by atoms with Crippen molar-refractivity contribution in [3.63, 3.8) is 0 Å². The maximum atomic E-state index is 5.43. The zero-order valence-corrected chi connectivity index (χ0v) is 9.77. The fraction of sp³-hybridized carbons (Fsp3) is 1.00. The zero-order chi connectivity index (χ0) is 10.3. The molecule has 0 bridgehead atoms. The molecule has 0 radical (unpaired) electrons. The molecule has 0 saturated heterocycles. The summed E-state index contributed by atoms with van der Waals surface area (Å²) in [6, 6.07) is 0. The minimum absolute atomic E-state index is 0.313. The van der Waals surface area contributed by atoms with Crippen molar-refractivity contribution in [3.8, 4) is 0 Å². The Hall–Kier alpha value is -0.0800. The standard InChI is InChI=1S/C11H26N2/c1-11(2,3)13(4)10-8-6-5-7-9-12/h5-10,12H2,1-4H3. The van der Waals surface area contributed by atoms with Crippen LogP contribution in [-0.4, -0.2) is 30.6 Å². The van der Waals surface area contributed by atoms with E-state index in [4.69, 9.17) is 5.73 Å². The molecular weight excluding hydrogens is 160 g/mol. The van der Waals surface area contributed by atoms with E-state index in [1.54, 1.807) is 0 Å². The van der Waals surface area contributed by atoms with Crippen LogP contribution in [-0.2, 0) is 0 Å². The lowest BCUT2D eigenvalue weighted by atomic mass is 10.1. The Kier molecular flexibility index (Phi) is 6.35. The summed E-state index contributed by atoms with van der Waals surface area (Å²) in [4.78, 5) is 2.41. The molecule has 0 rings (SSSR count). The average molecular weight is 186 g/mol. The highest BCUT2D eigenvalue weighted by molar-refractivity contribution is 4.72. The number of hydrogen-bond donors (Lipinski definition) is 1. The zero-order valence-electron chi connectivity index (χ0n) is 9.77. The predicted octanol–water partition coefficient (Wildman–Crippen LogP) is 2.24. The van der Waals surface area contributed by atoms with Crippen molar-refractivity contribution < 1.29 is 0 Å². The molecule has 0 spiro atoms. The maximum absolute atomic E-state index is 5.43. The van der Waals surface area contributed by atoms with Crippen LogP contribution in [0.3, 0.4) is 0 Å². The van der Waals surface area contributed by atoms with Crippen molar-refractivity contribution in [1.29, 1.82) is 0 Å². The summed E-state index contributed by atoms with van der Waals surface area (Å²) < 4.78 is 0. The predicted molar refractivity (Wildman–Crippen MR) is 59.9 cm³/mol. The molecule has 0 aromatic rings. The largest absolute Gasteiger partial charge is 0.330 e. The molecule has 2 heteroatoms. The Bertz CT molecular complexity index is 116. The van der Waals surface area contributed by atoms with Gasteiger partial charge in [-0.15, -0.1) is 0 Å². The van der Waals surface area contributed by atoms with E-state index in [1.165, 1.54) is 32.2 Å². The van der Waals surface area contributed by atoms with Crippen LogP contribution in [0.15, 0.2) is 0 Å². The van der Waals surface area contributed by atoms with Crippen LogP contribution in [0.5, 0.6) is 0 Å². The quantitative estimate of drug-likeness (QED) is 0.645. The van der Waals surface area contributed by atoms with Crippen LogP contribution in [0.25, 0.3) is 0 Å². The molecular formula is C11H26N2. The molecule has 0 heterocycles. The van der Waals surface area contributed by atoms with Gasteiger partial charge in [-0.3, -0.25) is 0 Å². The van der Waals surface area contributed by atoms with Crippen molar-refractivity contribution in [2.45, 2.75) is 52.0 Å². The third kappa shape index (κ3) is 7.03. The van der Waals surface area contributed by atoms with Crippen LogP contribution in [0, 0.1) is 0 Å². The van der Waals surface area contributed by atoms with E-state index in [1.807, 2.05) is 0 Å². The maximum Gasteiger partial charge on any atom is 0.0122 e. The summed E-state index contributed by atoms with van der Waals surface area (Å²) in [7, 11) is 2.20. The summed E-state index contributed by atoms with van der Waals surface area (Å²) >= 11 is 0. The lowest BCUT2D eigenvalue weighted by Crippen LogP contribution is -2.38. The lowest BCUT2D eigenvalue weighted by molar-refractivity contribution is 0.172. The number of hydrogen-bond acceptors (Lipinski definition) is 2. The van der Waals surface area contributed by atoms with E-state index >= 15 is 0 Å². The number of rotatable bonds is 6. The first-order valence-electron chi connectivity index (χ1n) is 5.40. The highest BCUT2D eigenvalue weighted by atomic mass is 15.1. The third-order valence-corrected chi connectivity index (χ3v) is 2.59. The second-order valence-electron chi connectivity index (χ2n) is 4.80. The van der Waals surface area contributed by atoms with Crippen LogP contribution < -0.4 is 5.73 Å². The first-order chi connectivity index (χ1) is 5.98. The van der Waals surface area contributed by atoms with Gasteiger partial charge in [-0.05, 0) is 53.8 Å². The van der Waals surface area contributed by atoms with Crippen molar-refractivity contribution in [2.75, 3.05) is 20.1 Å². The molecule has 2 nitrogen and oxygen atoms in total. The molecule has 0 aliphatic heterocycles. The monoisotopic (exact) mass is 186 g/mol. The first-order valence-corrected chi connectivity index (χ1v) is 5.40. The average Bonchev–Trinajstić information content (AvgIpc) is 2.02. The Morgan fingerprint density at radius 2 is 1.54 bits per heavy atom. The van der Waals surface area contributed by atoms with E-state index in [0.29, 0.717) is 5.54 Å². The van der Waals surface area contributed by atoms with Gasteiger partial charge >= 0.3 is 0 Å². The normalized spacial score (nSPS) is 12.5. The Balaban J connectivity index is 3.32. The Labute approximate surface area is 83.5 Å². The molecule has 13 heavy (non-hydrogen) atoms. The summed E-state index contributed by atoms with van der Waals surface area (Å²) in [5.41, 5.74) is 5.74. The molecule has 0 fully saturated rings. The molecule has 0 saturated carbocycles. The summed E-state index contributed by atoms with van der Waals surface area (Å²) in [5.74, 6) is 0. The molecule has 0 aliphatic carbocycles. The van der Waals surface area contributed by atoms with Crippen molar-refractivity contribution in [2.24, 2.45) is 5.73 Å². The van der Waals surface area contributed by atoms with E-state index in [-0.39, 0.29) is 0 Å². The van der Waals surface area contributed by atoms with Crippen LogP contribution in [0.4, 0.5) is 0 Å². The fourth-order valence-electron chi connectivity index (χ4n) is 1.18. The fourth-order valence-corrected chi connectivity index (χ4v) is 1.18. The second kappa shape index (κ2) is 6.39. The topological polar surface area (TPSA) is 29.3 Å². The van der Waals surface area contributed by atoms with Crippen LogP contribution in [0.2, 0.25) is 0 Å². The molecule has 0 amide bonds. The Morgan fingerprint density at radius 1 is 1.00 bits per heavy atom. The molecule has 0 unspecified atom stereocenters. The van der Waals surface area contributed by atoms with E-state index in [2.05, 4.69) is 32.7 Å². The van der Waals surface area contributed by atoms with Crippen molar-refractivity contribution in [3.05, 3.63) is 0 Å². The minimum Gasteiger partial charge on any atom is -0.330 e. The highest BCUT2D eigenvalue weighted by Crippen LogP contribution is 2.11. The van der Waals surface area contributed by atoms with Gasteiger partial charge in [0, 0.05) is 5.54 Å². The minimum atomic E-state index is 0.313. The number of unbranched alkanes of at least 4 members (excludes halogenated alkanes) is 3. The van der Waals surface area contributed by atoms with E-state index < -0.39 is 0 Å². The summed E-state index contributed by atoms with van der Waals surface area (Å²) in [6.07, 6.45) is 5.08. The third-order valence-electron chi connectivity index (χ3n) is 2.59. The van der Waals surface area contributed by atoms with Gasteiger partial charge in [-0.1, -0.05) is 12.8 Å². The van der Waals surface area contributed by atoms with Crippen molar-refractivity contribution >= 4 is 0 Å². The van der Waals surface area contributed by atoms with Crippen molar-refractivity contribution in [1.82, 2.24) is 4.90 Å². The molecule has 0 aromatic heterocycles. The summed E-state index contributed by atoms with van der Waals surface area (Å²) in [6.45, 7) is 8.82. The second-order valence-corrected chi connectivity index (χ2v) is 4.80. The number of nitrogens with zero attached hydrogens (tertiary/aromatic N) is 1. The van der Waals surface area contributed by atoms with Gasteiger partial charge in [0.15, 0.2) is 0 Å². The lowest BCUT2D eigenvalue weighted by Gasteiger charge is -2.31. The smallest absolute Gasteiger partial charge is 0.0122 e. The van der Waals surface area contributed by atoms with Gasteiger partial charge in [0.1, 0.15) is 0 Å². The van der Waals surface area contributed by atoms with Gasteiger partial charge in [-0.25, -0.2) is 0 Å². The van der Waals surface area contributed by atoms with E-state index in [0.717, 1.165) is 6.54 Å². The first kappa shape index (κ1) is 12.9. The molecule has 0 aromatic carbocycles. The highest BCUT2D eigenvalue weighted by Gasteiger charge is 2.15. The molecule has 0 atom stereocenters.